The number of carbonyl (C=O) groups is 1. The molecule has 34 heavy (non-hydrogen) atoms. The first kappa shape index (κ1) is 23.8. The summed E-state index contributed by atoms with van der Waals surface area (Å²) < 4.78 is 45.3. The fourth-order valence-corrected chi connectivity index (χ4v) is 3.73. The number of aromatic amines is 1. The van der Waals surface area contributed by atoms with Crippen LogP contribution < -0.4 is 10.6 Å². The molecule has 1 aliphatic rings. The number of fused-ring (bicyclic) bond motifs is 1. The van der Waals surface area contributed by atoms with E-state index in [1.165, 1.54) is 17.9 Å². The molecular weight excluding hydrogens is 475 g/mol. The van der Waals surface area contributed by atoms with Crippen molar-refractivity contribution in [3.05, 3.63) is 46.9 Å². The van der Waals surface area contributed by atoms with Crippen LogP contribution in [0.4, 0.5) is 24.8 Å². The zero-order valence-corrected chi connectivity index (χ0v) is 19.1. The Labute approximate surface area is 197 Å². The van der Waals surface area contributed by atoms with E-state index in [4.69, 9.17) is 16.3 Å². The van der Waals surface area contributed by atoms with Gasteiger partial charge in [0, 0.05) is 37.1 Å². The Morgan fingerprint density at radius 1 is 1.35 bits per heavy atom. The minimum atomic E-state index is -4.54. The largest absolute Gasteiger partial charge is 0.408 e. The quantitative estimate of drug-likeness (QED) is 0.479. The predicted molar refractivity (Wildman–Crippen MR) is 121 cm³/mol. The molecule has 0 saturated carbocycles. The monoisotopic (exact) mass is 495 g/mol. The third kappa shape index (κ3) is 4.64. The first-order valence-electron chi connectivity index (χ1n) is 10.2. The SMILES string of the molecule is COC1CC(c2nc(Nc3ccc4[nH]ncc4c3Cl)n(C)n2)=CC=C1C(=O)NC(C)C(F)(F)F. The fourth-order valence-electron chi connectivity index (χ4n) is 3.46. The highest BCUT2D eigenvalue weighted by molar-refractivity contribution is 6.38. The Bertz CT molecular complexity index is 1300. The normalized spacial score (nSPS) is 17.3. The van der Waals surface area contributed by atoms with Crippen LogP contribution in [0, 0.1) is 0 Å². The molecule has 1 aromatic carbocycles. The van der Waals surface area contributed by atoms with Gasteiger partial charge < -0.3 is 15.4 Å². The van der Waals surface area contributed by atoms with E-state index in [2.05, 4.69) is 25.6 Å². The molecule has 2 heterocycles. The van der Waals surface area contributed by atoms with E-state index in [-0.39, 0.29) is 12.0 Å². The number of allylic oxidation sites excluding steroid dienone is 2. The minimum Gasteiger partial charge on any atom is -0.376 e. The van der Waals surface area contributed by atoms with E-state index in [1.54, 1.807) is 25.4 Å². The van der Waals surface area contributed by atoms with Crippen molar-refractivity contribution in [3.8, 4) is 0 Å². The molecule has 1 aliphatic carbocycles. The molecule has 180 valence electrons. The van der Waals surface area contributed by atoms with Crippen molar-refractivity contribution in [3.63, 3.8) is 0 Å². The molecule has 3 aromatic rings. The molecule has 1 amide bonds. The number of hydrogen-bond acceptors (Lipinski definition) is 6. The Morgan fingerprint density at radius 2 is 2.12 bits per heavy atom. The van der Waals surface area contributed by atoms with Crippen molar-refractivity contribution in [1.82, 2.24) is 30.3 Å². The van der Waals surface area contributed by atoms with E-state index >= 15 is 0 Å². The number of aryl methyl sites for hydroxylation is 1. The summed E-state index contributed by atoms with van der Waals surface area (Å²) in [5, 5.41) is 17.6. The molecule has 4 rings (SSSR count). The summed E-state index contributed by atoms with van der Waals surface area (Å²) >= 11 is 6.46. The molecule has 0 aliphatic heterocycles. The van der Waals surface area contributed by atoms with E-state index in [0.29, 0.717) is 28.1 Å². The van der Waals surface area contributed by atoms with Gasteiger partial charge in [-0.05, 0) is 19.1 Å². The maximum absolute atomic E-state index is 12.8. The minimum absolute atomic E-state index is 0.0943. The van der Waals surface area contributed by atoms with Crippen LogP contribution in [0.2, 0.25) is 5.02 Å². The lowest BCUT2D eigenvalue weighted by Crippen LogP contribution is -2.45. The van der Waals surface area contributed by atoms with Gasteiger partial charge in [0.1, 0.15) is 6.04 Å². The van der Waals surface area contributed by atoms with E-state index in [1.807, 2.05) is 11.4 Å². The van der Waals surface area contributed by atoms with Crippen LogP contribution in [-0.2, 0) is 16.6 Å². The average molecular weight is 496 g/mol. The standard InChI is InChI=1S/C21H21ClF3N7O2/c1-10(21(23,24)25)27-19(33)12-5-4-11(8-16(12)34-3)18-29-20(32(2)31-18)28-15-7-6-14-13(17(15)22)9-26-30-14/h4-7,9-10,16H,8H2,1-3H3,(H,26,30)(H,27,33)(H,28,29,31). The van der Waals surface area contributed by atoms with Crippen LogP contribution in [0.15, 0.2) is 36.1 Å². The molecule has 3 N–H and O–H groups in total. The third-order valence-corrected chi connectivity index (χ3v) is 5.86. The zero-order chi connectivity index (χ0) is 24.6. The number of benzene rings is 1. The molecule has 0 bridgehead atoms. The van der Waals surface area contributed by atoms with E-state index in [9.17, 15) is 18.0 Å². The summed E-state index contributed by atoms with van der Waals surface area (Å²) in [5.41, 5.74) is 2.16. The van der Waals surface area contributed by atoms with Gasteiger partial charge in [0.25, 0.3) is 0 Å². The lowest BCUT2D eigenvalue weighted by molar-refractivity contribution is -0.157. The molecule has 0 fully saturated rings. The van der Waals surface area contributed by atoms with Crippen LogP contribution in [0.5, 0.6) is 0 Å². The number of hydrogen-bond donors (Lipinski definition) is 3. The Kier molecular flexibility index (Phi) is 6.36. The highest BCUT2D eigenvalue weighted by atomic mass is 35.5. The molecule has 0 radical (unpaired) electrons. The Hall–Kier alpha value is -3.38. The van der Waals surface area contributed by atoms with Gasteiger partial charge in [-0.3, -0.25) is 9.89 Å². The number of alkyl halides is 3. The van der Waals surface area contributed by atoms with Crippen LogP contribution in [0.1, 0.15) is 19.2 Å². The second-order valence-corrected chi connectivity index (χ2v) is 8.12. The number of aromatic nitrogens is 5. The summed E-state index contributed by atoms with van der Waals surface area (Å²) in [6, 6.07) is 1.63. The van der Waals surface area contributed by atoms with Crippen molar-refractivity contribution < 1.29 is 22.7 Å². The number of carbonyl (C=O) groups excluding carboxylic acids is 1. The van der Waals surface area contributed by atoms with Crippen molar-refractivity contribution in [2.75, 3.05) is 12.4 Å². The molecular formula is C21H21ClF3N7O2. The molecule has 2 unspecified atom stereocenters. The van der Waals surface area contributed by atoms with Crippen LogP contribution in [0.25, 0.3) is 16.5 Å². The van der Waals surface area contributed by atoms with Crippen molar-refractivity contribution in [1.29, 1.82) is 0 Å². The predicted octanol–water partition coefficient (Wildman–Crippen LogP) is 3.88. The second-order valence-electron chi connectivity index (χ2n) is 7.75. The fraction of sp³-hybridized carbons (Fsp3) is 0.333. The molecule has 13 heteroatoms. The number of H-pyrrole nitrogens is 1. The van der Waals surface area contributed by atoms with Gasteiger partial charge in [0.15, 0.2) is 5.82 Å². The lowest BCUT2D eigenvalue weighted by atomic mass is 9.94. The van der Waals surface area contributed by atoms with Gasteiger partial charge in [-0.2, -0.15) is 23.3 Å². The number of nitrogens with one attached hydrogen (secondary N) is 3. The highest BCUT2D eigenvalue weighted by Crippen LogP contribution is 2.33. The van der Waals surface area contributed by atoms with Gasteiger partial charge in [-0.25, -0.2) is 4.68 Å². The average Bonchev–Trinajstić information content (AvgIpc) is 3.41. The second kappa shape index (κ2) is 9.11. The smallest absolute Gasteiger partial charge is 0.376 e. The summed E-state index contributed by atoms with van der Waals surface area (Å²) in [6.07, 6.45) is -0.427. The van der Waals surface area contributed by atoms with Crippen molar-refractivity contribution in [2.45, 2.75) is 31.7 Å². The number of ether oxygens (including phenoxy) is 1. The van der Waals surface area contributed by atoms with E-state index < -0.39 is 24.2 Å². The number of nitrogens with zero attached hydrogens (tertiary/aromatic N) is 4. The van der Waals surface area contributed by atoms with Crippen molar-refractivity contribution >= 4 is 45.6 Å². The van der Waals surface area contributed by atoms with Gasteiger partial charge in [0.05, 0.1) is 28.5 Å². The first-order chi connectivity index (χ1) is 16.1. The molecule has 0 spiro atoms. The highest BCUT2D eigenvalue weighted by Gasteiger charge is 2.38. The Morgan fingerprint density at radius 3 is 2.82 bits per heavy atom. The van der Waals surface area contributed by atoms with E-state index in [0.717, 1.165) is 17.8 Å². The van der Waals surface area contributed by atoms with Gasteiger partial charge in [-0.1, -0.05) is 23.8 Å². The number of amides is 1. The maximum Gasteiger partial charge on any atom is 0.408 e. The van der Waals surface area contributed by atoms with Crippen LogP contribution in [0.3, 0.4) is 0 Å². The summed E-state index contributed by atoms with van der Waals surface area (Å²) in [5.74, 6) is -0.0411. The van der Waals surface area contributed by atoms with Crippen LogP contribution >= 0.6 is 11.6 Å². The summed E-state index contributed by atoms with van der Waals surface area (Å²) in [6.45, 7) is 0.882. The topological polar surface area (TPSA) is 110 Å². The summed E-state index contributed by atoms with van der Waals surface area (Å²) in [7, 11) is 3.09. The first-order valence-corrected chi connectivity index (χ1v) is 10.6. The number of halogens is 4. The number of methoxy groups -OCH3 is 1. The molecule has 9 nitrogen and oxygen atoms in total. The summed E-state index contributed by atoms with van der Waals surface area (Å²) in [4.78, 5) is 16.9. The lowest BCUT2D eigenvalue weighted by Gasteiger charge is -2.24. The number of rotatable bonds is 6. The van der Waals surface area contributed by atoms with Gasteiger partial charge in [0.2, 0.25) is 11.9 Å². The molecule has 2 atom stereocenters. The van der Waals surface area contributed by atoms with Gasteiger partial charge in [-0.15, -0.1) is 5.10 Å². The Balaban J connectivity index is 1.56. The van der Waals surface area contributed by atoms with Gasteiger partial charge >= 0.3 is 6.18 Å². The molecule has 0 saturated heterocycles. The third-order valence-electron chi connectivity index (χ3n) is 5.46. The zero-order valence-electron chi connectivity index (χ0n) is 18.4. The van der Waals surface area contributed by atoms with Crippen LogP contribution in [-0.4, -0.2) is 56.3 Å². The number of anilines is 2. The molecule has 2 aromatic heterocycles. The van der Waals surface area contributed by atoms with Crippen molar-refractivity contribution in [2.24, 2.45) is 7.05 Å². The maximum atomic E-state index is 12.8.